The molecule has 2 aliphatic rings. The molecule has 0 aliphatic carbocycles. The number of aryl methyl sites for hydroxylation is 1. The Morgan fingerprint density at radius 2 is 2.03 bits per heavy atom. The Morgan fingerprint density at radius 3 is 2.79 bits per heavy atom. The van der Waals surface area contributed by atoms with Crippen LogP contribution in [-0.2, 0) is 9.53 Å². The number of rotatable bonds is 6. The quantitative estimate of drug-likeness (QED) is 0.424. The lowest BCUT2D eigenvalue weighted by Crippen LogP contribution is -2.32. The van der Waals surface area contributed by atoms with Crippen molar-refractivity contribution in [2.24, 2.45) is 0 Å². The first-order valence-corrected chi connectivity index (χ1v) is 11.5. The van der Waals surface area contributed by atoms with Crippen molar-refractivity contribution in [1.82, 2.24) is 19.8 Å². The first-order valence-electron chi connectivity index (χ1n) is 11.1. The minimum absolute atomic E-state index is 0.138. The third kappa shape index (κ3) is 3.86. The van der Waals surface area contributed by atoms with Crippen molar-refractivity contribution in [1.29, 1.82) is 0 Å². The van der Waals surface area contributed by atoms with Gasteiger partial charge in [-0.3, -0.25) is 9.78 Å². The van der Waals surface area contributed by atoms with Gasteiger partial charge in [0.2, 0.25) is 6.79 Å². The minimum atomic E-state index is -0.270. The van der Waals surface area contributed by atoms with Gasteiger partial charge >= 0.3 is 5.97 Å². The van der Waals surface area contributed by atoms with E-state index in [9.17, 15) is 4.79 Å². The van der Waals surface area contributed by atoms with Crippen molar-refractivity contribution < 1.29 is 19.0 Å². The number of carbonyl (C=O) groups excluding carboxylic acids is 1. The lowest BCUT2D eigenvalue weighted by atomic mass is 9.96. The van der Waals surface area contributed by atoms with Crippen LogP contribution in [0.15, 0.2) is 48.7 Å². The van der Waals surface area contributed by atoms with Crippen molar-refractivity contribution in [3.8, 4) is 17.2 Å². The fraction of sp³-hybridized carbons (Fsp3) is 0.320. The summed E-state index contributed by atoms with van der Waals surface area (Å²) in [5.41, 5.74) is 5.16. The number of nitrogens with one attached hydrogen (secondary N) is 1. The summed E-state index contributed by atoms with van der Waals surface area (Å²) in [7, 11) is 1.40. The largest absolute Gasteiger partial charge is 0.469 e. The molecule has 9 heteroatoms. The standard InChI is InChI=1S/C25H26N4O4S/c1-15-12-18(16(2)29(15)17-7-8-20-21(13-17)33-14-32-20)24-23(19-6-4-5-10-26-19)27-25(34)28(24)11-9-22(30)31-3/h4-8,10,12-13,23-24H,9,11,14H2,1-3H3,(H,27,34). The van der Waals surface area contributed by atoms with E-state index in [1.54, 1.807) is 6.20 Å². The highest BCUT2D eigenvalue weighted by Gasteiger charge is 2.41. The molecule has 5 rings (SSSR count). The van der Waals surface area contributed by atoms with E-state index in [-0.39, 0.29) is 31.3 Å². The summed E-state index contributed by atoms with van der Waals surface area (Å²) in [5, 5.41) is 4.03. The molecule has 0 bridgehead atoms. The molecule has 0 saturated carbocycles. The zero-order valence-corrected chi connectivity index (χ0v) is 20.1. The number of hydrogen-bond donors (Lipinski definition) is 1. The second-order valence-corrected chi connectivity index (χ2v) is 8.73. The van der Waals surface area contributed by atoms with Gasteiger partial charge in [0, 0.05) is 35.9 Å². The average molecular weight is 479 g/mol. The molecular weight excluding hydrogens is 452 g/mol. The van der Waals surface area contributed by atoms with E-state index in [1.165, 1.54) is 7.11 Å². The van der Waals surface area contributed by atoms with Gasteiger partial charge in [0.1, 0.15) is 0 Å². The second kappa shape index (κ2) is 8.98. The van der Waals surface area contributed by atoms with Gasteiger partial charge in [-0.15, -0.1) is 0 Å². The summed E-state index contributed by atoms with van der Waals surface area (Å²) in [6, 6.07) is 13.7. The van der Waals surface area contributed by atoms with Crippen LogP contribution in [0.25, 0.3) is 5.69 Å². The summed E-state index contributed by atoms with van der Waals surface area (Å²) in [6.45, 7) is 4.86. The van der Waals surface area contributed by atoms with Crippen LogP contribution < -0.4 is 14.8 Å². The Labute approximate surface area is 203 Å². The van der Waals surface area contributed by atoms with Crippen molar-refractivity contribution in [2.45, 2.75) is 32.4 Å². The molecule has 2 aromatic heterocycles. The summed E-state index contributed by atoms with van der Waals surface area (Å²) in [4.78, 5) is 18.6. The van der Waals surface area contributed by atoms with Gasteiger partial charge in [0.05, 0.1) is 31.3 Å². The molecule has 0 amide bonds. The number of aromatic nitrogens is 2. The number of benzene rings is 1. The number of fused-ring (bicyclic) bond motifs is 1. The molecule has 0 radical (unpaired) electrons. The van der Waals surface area contributed by atoms with Crippen molar-refractivity contribution in [2.75, 3.05) is 20.4 Å². The van der Waals surface area contributed by atoms with Crippen LogP contribution in [0.2, 0.25) is 0 Å². The van der Waals surface area contributed by atoms with Gasteiger partial charge < -0.3 is 29.0 Å². The van der Waals surface area contributed by atoms with Gasteiger partial charge in [-0.25, -0.2) is 0 Å². The number of nitrogens with zero attached hydrogens (tertiary/aromatic N) is 3. The molecule has 4 heterocycles. The van der Waals surface area contributed by atoms with Crippen LogP contribution in [-0.4, -0.2) is 46.0 Å². The van der Waals surface area contributed by atoms with E-state index in [0.717, 1.165) is 39.8 Å². The molecule has 34 heavy (non-hydrogen) atoms. The number of methoxy groups -OCH3 is 1. The lowest BCUT2D eigenvalue weighted by molar-refractivity contribution is -0.140. The highest BCUT2D eigenvalue weighted by atomic mass is 32.1. The van der Waals surface area contributed by atoms with Gasteiger partial charge in [0.25, 0.3) is 0 Å². The molecule has 8 nitrogen and oxygen atoms in total. The number of ether oxygens (including phenoxy) is 3. The fourth-order valence-electron chi connectivity index (χ4n) is 4.81. The molecule has 3 aromatic rings. The smallest absolute Gasteiger partial charge is 0.307 e. The Balaban J connectivity index is 1.57. The van der Waals surface area contributed by atoms with Crippen LogP contribution in [0.3, 0.4) is 0 Å². The van der Waals surface area contributed by atoms with Crippen molar-refractivity contribution in [3.05, 3.63) is 71.3 Å². The minimum Gasteiger partial charge on any atom is -0.469 e. The molecular formula is C25H26N4O4S. The third-order valence-electron chi connectivity index (χ3n) is 6.39. The molecule has 2 aliphatic heterocycles. The Kier molecular flexibility index (Phi) is 5.87. The van der Waals surface area contributed by atoms with Gasteiger partial charge in [-0.2, -0.15) is 0 Å². The number of esters is 1. The zero-order valence-electron chi connectivity index (χ0n) is 19.3. The molecule has 176 valence electrons. The zero-order chi connectivity index (χ0) is 23.8. The van der Waals surface area contributed by atoms with Crippen LogP contribution in [0.4, 0.5) is 0 Å². The maximum absolute atomic E-state index is 11.9. The van der Waals surface area contributed by atoms with Crippen molar-refractivity contribution in [3.63, 3.8) is 0 Å². The Morgan fingerprint density at radius 1 is 1.21 bits per heavy atom. The first-order chi connectivity index (χ1) is 16.5. The summed E-state index contributed by atoms with van der Waals surface area (Å²) < 4.78 is 18.1. The molecule has 0 spiro atoms. The van der Waals surface area contributed by atoms with E-state index in [4.69, 9.17) is 26.4 Å². The van der Waals surface area contributed by atoms with E-state index < -0.39 is 0 Å². The number of hydrogen-bond acceptors (Lipinski definition) is 6. The van der Waals surface area contributed by atoms with E-state index >= 15 is 0 Å². The predicted molar refractivity (Wildman–Crippen MR) is 130 cm³/mol. The summed E-state index contributed by atoms with van der Waals surface area (Å²) in [6.07, 6.45) is 2.02. The molecule has 1 N–H and O–H groups in total. The van der Waals surface area contributed by atoms with Gasteiger partial charge in [0.15, 0.2) is 16.6 Å². The number of pyridine rings is 1. The SMILES string of the molecule is COC(=O)CCN1C(=S)NC(c2ccccn2)C1c1cc(C)n(-c2ccc3c(c2)OCO3)c1C. The fourth-order valence-corrected chi connectivity index (χ4v) is 5.14. The van der Waals surface area contributed by atoms with Crippen molar-refractivity contribution >= 4 is 23.3 Å². The van der Waals surface area contributed by atoms with Crippen LogP contribution in [0, 0.1) is 13.8 Å². The molecule has 1 fully saturated rings. The summed E-state index contributed by atoms with van der Waals surface area (Å²) in [5.74, 6) is 1.22. The maximum Gasteiger partial charge on any atom is 0.307 e. The normalized spacial score (nSPS) is 18.8. The second-order valence-electron chi connectivity index (χ2n) is 8.35. The topological polar surface area (TPSA) is 77.9 Å². The van der Waals surface area contributed by atoms with Crippen LogP contribution >= 0.6 is 12.2 Å². The van der Waals surface area contributed by atoms with Crippen LogP contribution in [0.5, 0.6) is 11.5 Å². The Hall–Kier alpha value is -3.59. The monoisotopic (exact) mass is 478 g/mol. The van der Waals surface area contributed by atoms with Gasteiger partial charge in [-0.1, -0.05) is 6.07 Å². The molecule has 2 atom stereocenters. The Bertz CT molecular complexity index is 1240. The predicted octanol–water partition coefficient (Wildman–Crippen LogP) is 3.75. The lowest BCUT2D eigenvalue weighted by Gasteiger charge is -2.28. The average Bonchev–Trinajstić information content (AvgIpc) is 3.52. The maximum atomic E-state index is 11.9. The van der Waals surface area contributed by atoms with Gasteiger partial charge in [-0.05, 0) is 62.0 Å². The highest BCUT2D eigenvalue weighted by Crippen LogP contribution is 2.42. The highest BCUT2D eigenvalue weighted by molar-refractivity contribution is 7.80. The first kappa shape index (κ1) is 22.2. The molecule has 2 unspecified atom stereocenters. The number of thiocarbonyl (C=S) groups is 1. The molecule has 1 saturated heterocycles. The van der Waals surface area contributed by atoms with E-state index in [2.05, 4.69) is 39.7 Å². The van der Waals surface area contributed by atoms with E-state index in [1.807, 2.05) is 36.4 Å². The summed E-state index contributed by atoms with van der Waals surface area (Å²) >= 11 is 5.71. The third-order valence-corrected chi connectivity index (χ3v) is 6.74. The number of carbonyl (C=O) groups is 1. The van der Waals surface area contributed by atoms with E-state index in [0.29, 0.717) is 11.7 Å². The van der Waals surface area contributed by atoms with Crippen LogP contribution in [0.1, 0.15) is 41.1 Å². The molecule has 1 aromatic carbocycles.